The van der Waals surface area contributed by atoms with Crippen LogP contribution in [0.5, 0.6) is 0 Å². The topological polar surface area (TPSA) is 20.2 Å². The highest BCUT2D eigenvalue weighted by Gasteiger charge is 2.01. The molecule has 1 heteroatoms. The van der Waals surface area contributed by atoms with Crippen molar-refractivity contribution in [3.63, 3.8) is 0 Å². The Morgan fingerprint density at radius 3 is 1.53 bits per heavy atom. The van der Waals surface area contributed by atoms with Crippen LogP contribution >= 0.6 is 0 Å². The average molecular weight is 271 g/mol. The predicted octanol–water partition coefficient (Wildman–Crippen LogP) is 6.10. The standard InChI is InChI=1S/C18H38O/c1-3-4-5-6-7-8-9-10-12-15-18(2)16-13-11-14-17-19/h18-19H,3-17H2,1-2H3. The quantitative estimate of drug-likeness (QED) is 0.357. The van der Waals surface area contributed by atoms with Gasteiger partial charge in [-0.25, -0.2) is 0 Å². The van der Waals surface area contributed by atoms with Crippen molar-refractivity contribution in [2.75, 3.05) is 6.61 Å². The fraction of sp³-hybridized carbons (Fsp3) is 1.00. The molecular formula is C18H38O. The fourth-order valence-corrected chi connectivity index (χ4v) is 2.73. The molecule has 0 fully saturated rings. The molecule has 0 heterocycles. The Balaban J connectivity index is 3.07. The summed E-state index contributed by atoms with van der Waals surface area (Å²) in [4.78, 5) is 0. The van der Waals surface area contributed by atoms with Crippen molar-refractivity contribution < 1.29 is 5.11 Å². The lowest BCUT2D eigenvalue weighted by molar-refractivity contribution is 0.280. The third-order valence-corrected chi connectivity index (χ3v) is 4.16. The van der Waals surface area contributed by atoms with E-state index in [9.17, 15) is 0 Å². The van der Waals surface area contributed by atoms with E-state index in [0.717, 1.165) is 12.3 Å². The minimum absolute atomic E-state index is 0.368. The Morgan fingerprint density at radius 1 is 0.632 bits per heavy atom. The molecule has 0 aromatic heterocycles. The van der Waals surface area contributed by atoms with Gasteiger partial charge in [-0.3, -0.25) is 0 Å². The lowest BCUT2D eigenvalue weighted by Gasteiger charge is -2.10. The SMILES string of the molecule is CCCCCCCCCCCC(C)CCCCCO. The highest BCUT2D eigenvalue weighted by atomic mass is 16.2. The number of hydrogen-bond acceptors (Lipinski definition) is 1. The zero-order valence-corrected chi connectivity index (χ0v) is 13.6. The van der Waals surface area contributed by atoms with Crippen LogP contribution in [0.25, 0.3) is 0 Å². The van der Waals surface area contributed by atoms with Gasteiger partial charge in [0, 0.05) is 6.61 Å². The van der Waals surface area contributed by atoms with Gasteiger partial charge in [0.1, 0.15) is 0 Å². The van der Waals surface area contributed by atoms with Crippen molar-refractivity contribution in [1.82, 2.24) is 0 Å². The van der Waals surface area contributed by atoms with Crippen LogP contribution in [0.15, 0.2) is 0 Å². The molecule has 1 unspecified atom stereocenters. The molecule has 0 amide bonds. The Hall–Kier alpha value is -0.0400. The third kappa shape index (κ3) is 15.9. The molecular weight excluding hydrogens is 232 g/mol. The summed E-state index contributed by atoms with van der Waals surface area (Å²) in [5.41, 5.74) is 0. The summed E-state index contributed by atoms with van der Waals surface area (Å²) in [7, 11) is 0. The minimum atomic E-state index is 0.368. The monoisotopic (exact) mass is 270 g/mol. The Bertz CT molecular complexity index is 156. The molecule has 0 saturated heterocycles. The van der Waals surface area contributed by atoms with Crippen molar-refractivity contribution in [2.24, 2.45) is 5.92 Å². The number of aliphatic hydroxyl groups is 1. The van der Waals surface area contributed by atoms with Crippen LogP contribution in [0.4, 0.5) is 0 Å². The molecule has 0 aliphatic carbocycles. The largest absolute Gasteiger partial charge is 0.396 e. The van der Waals surface area contributed by atoms with Gasteiger partial charge in [-0.15, -0.1) is 0 Å². The number of rotatable bonds is 15. The van der Waals surface area contributed by atoms with Gasteiger partial charge >= 0.3 is 0 Å². The molecule has 1 nitrogen and oxygen atoms in total. The molecule has 0 aliphatic heterocycles. The number of unbranched alkanes of at least 4 members (excludes halogenated alkanes) is 10. The van der Waals surface area contributed by atoms with Gasteiger partial charge in [-0.05, 0) is 12.3 Å². The van der Waals surface area contributed by atoms with Crippen molar-refractivity contribution >= 4 is 0 Å². The van der Waals surface area contributed by atoms with Crippen LogP contribution in [-0.2, 0) is 0 Å². The summed E-state index contributed by atoms with van der Waals surface area (Å²) in [6.07, 6.45) is 19.2. The average Bonchev–Trinajstić information content (AvgIpc) is 2.42. The van der Waals surface area contributed by atoms with Crippen molar-refractivity contribution in [1.29, 1.82) is 0 Å². The molecule has 1 atom stereocenters. The highest BCUT2D eigenvalue weighted by Crippen LogP contribution is 2.17. The Labute approximate surface area is 122 Å². The van der Waals surface area contributed by atoms with Gasteiger partial charge in [0.2, 0.25) is 0 Å². The number of aliphatic hydroxyl groups excluding tert-OH is 1. The van der Waals surface area contributed by atoms with Crippen molar-refractivity contribution in [3.8, 4) is 0 Å². The van der Waals surface area contributed by atoms with E-state index in [1.54, 1.807) is 0 Å². The molecule has 0 aromatic carbocycles. The van der Waals surface area contributed by atoms with E-state index in [0.29, 0.717) is 6.61 Å². The second-order valence-electron chi connectivity index (χ2n) is 6.30. The van der Waals surface area contributed by atoms with Gasteiger partial charge in [0.15, 0.2) is 0 Å². The lowest BCUT2D eigenvalue weighted by atomic mass is 9.96. The van der Waals surface area contributed by atoms with E-state index >= 15 is 0 Å². The summed E-state index contributed by atoms with van der Waals surface area (Å²) >= 11 is 0. The van der Waals surface area contributed by atoms with E-state index in [-0.39, 0.29) is 0 Å². The molecule has 0 bridgehead atoms. The molecule has 0 aliphatic rings. The summed E-state index contributed by atoms with van der Waals surface area (Å²) in [6, 6.07) is 0. The van der Waals surface area contributed by atoms with E-state index < -0.39 is 0 Å². The molecule has 0 radical (unpaired) electrons. The first-order valence-electron chi connectivity index (χ1n) is 8.92. The summed E-state index contributed by atoms with van der Waals surface area (Å²) in [5, 5.41) is 8.72. The molecule has 0 spiro atoms. The molecule has 19 heavy (non-hydrogen) atoms. The van der Waals surface area contributed by atoms with Crippen molar-refractivity contribution in [2.45, 2.75) is 104 Å². The summed E-state index contributed by atoms with van der Waals surface area (Å²) < 4.78 is 0. The van der Waals surface area contributed by atoms with Gasteiger partial charge in [-0.1, -0.05) is 97.3 Å². The molecule has 116 valence electrons. The first-order chi connectivity index (χ1) is 9.31. The van der Waals surface area contributed by atoms with Crippen LogP contribution in [0.3, 0.4) is 0 Å². The molecule has 0 aromatic rings. The van der Waals surface area contributed by atoms with Crippen LogP contribution in [-0.4, -0.2) is 11.7 Å². The van der Waals surface area contributed by atoms with Crippen LogP contribution in [0, 0.1) is 5.92 Å². The first-order valence-corrected chi connectivity index (χ1v) is 8.92. The van der Waals surface area contributed by atoms with Crippen molar-refractivity contribution in [3.05, 3.63) is 0 Å². The Kier molecular flexibility index (Phi) is 16.0. The number of hydrogen-bond donors (Lipinski definition) is 1. The highest BCUT2D eigenvalue weighted by molar-refractivity contribution is 4.55. The lowest BCUT2D eigenvalue weighted by Crippen LogP contribution is -1.95. The molecule has 0 rings (SSSR count). The fourth-order valence-electron chi connectivity index (χ4n) is 2.73. The van der Waals surface area contributed by atoms with E-state index in [4.69, 9.17) is 5.11 Å². The maximum absolute atomic E-state index is 8.72. The normalized spacial score (nSPS) is 12.8. The Morgan fingerprint density at radius 2 is 1.05 bits per heavy atom. The maximum atomic E-state index is 8.72. The van der Waals surface area contributed by atoms with Crippen LogP contribution in [0.1, 0.15) is 104 Å². The zero-order valence-electron chi connectivity index (χ0n) is 13.6. The maximum Gasteiger partial charge on any atom is 0.0431 e. The van der Waals surface area contributed by atoms with Crippen LogP contribution in [0.2, 0.25) is 0 Å². The molecule has 1 N–H and O–H groups in total. The van der Waals surface area contributed by atoms with Gasteiger partial charge in [0.05, 0.1) is 0 Å². The van der Waals surface area contributed by atoms with Gasteiger partial charge in [0.25, 0.3) is 0 Å². The zero-order chi connectivity index (χ0) is 14.2. The van der Waals surface area contributed by atoms with E-state index in [1.165, 1.54) is 83.5 Å². The van der Waals surface area contributed by atoms with Gasteiger partial charge in [-0.2, -0.15) is 0 Å². The predicted molar refractivity (Wildman–Crippen MR) is 86.6 cm³/mol. The second-order valence-corrected chi connectivity index (χ2v) is 6.30. The minimum Gasteiger partial charge on any atom is -0.396 e. The third-order valence-electron chi connectivity index (χ3n) is 4.16. The second kappa shape index (κ2) is 16.0. The molecule has 0 saturated carbocycles. The summed E-state index contributed by atoms with van der Waals surface area (Å²) in [5.74, 6) is 0.892. The van der Waals surface area contributed by atoms with Gasteiger partial charge < -0.3 is 5.11 Å². The van der Waals surface area contributed by atoms with E-state index in [1.807, 2.05) is 0 Å². The first kappa shape index (κ1) is 19.0. The van der Waals surface area contributed by atoms with E-state index in [2.05, 4.69) is 13.8 Å². The smallest absolute Gasteiger partial charge is 0.0431 e. The summed E-state index contributed by atoms with van der Waals surface area (Å²) in [6.45, 7) is 5.04. The van der Waals surface area contributed by atoms with Crippen LogP contribution < -0.4 is 0 Å².